The van der Waals surface area contributed by atoms with Crippen LogP contribution in [0.3, 0.4) is 0 Å². The monoisotopic (exact) mass is 1080 g/mol. The number of nitrogens with one attached hydrogen (secondary N) is 1. The zero-order valence-corrected chi connectivity index (χ0v) is 42.6. The summed E-state index contributed by atoms with van der Waals surface area (Å²) in [6.45, 7) is 4.88. The maximum atomic E-state index is 13.7. The summed E-state index contributed by atoms with van der Waals surface area (Å²) >= 11 is 15.8. The first kappa shape index (κ1) is 52.7. The summed E-state index contributed by atoms with van der Waals surface area (Å²) in [5.74, 6) is -2.46. The number of amides is 5. The molecule has 4 heterocycles. The van der Waals surface area contributed by atoms with Crippen LogP contribution in [0, 0.1) is 0 Å². The number of carbonyl (C=O) groups is 4. The zero-order valence-electron chi connectivity index (χ0n) is 37.8. The molecule has 1 fully saturated rings. The normalized spacial score (nSPS) is 16.9. The van der Waals surface area contributed by atoms with Crippen molar-refractivity contribution >= 4 is 118 Å². The Bertz CT molecular complexity index is 3020. The van der Waals surface area contributed by atoms with Crippen LogP contribution in [-0.4, -0.2) is 124 Å². The number of nitrogens with zero attached hydrogens (tertiary/aromatic N) is 5. The number of unbranched alkanes of at least 4 members (excludes halogenated alkanes) is 1. The van der Waals surface area contributed by atoms with Gasteiger partial charge in [0, 0.05) is 53.6 Å². The van der Waals surface area contributed by atoms with Crippen molar-refractivity contribution in [2.75, 3.05) is 74.7 Å². The molecule has 1 saturated heterocycles. The number of aryl methyl sites for hydroxylation is 1. The number of hydrogen-bond donors (Lipinski definition) is 3. The third-order valence-electron chi connectivity index (χ3n) is 11.0. The molecule has 1 aromatic heterocycles. The van der Waals surface area contributed by atoms with Gasteiger partial charge in [-0.1, -0.05) is 59.6 Å². The Morgan fingerprint density at radius 1 is 0.829 bits per heavy atom. The third-order valence-corrected chi connectivity index (χ3v) is 15.3. The quantitative estimate of drug-likeness (QED) is 0.0256. The second kappa shape index (κ2) is 23.0. The molecule has 0 unspecified atom stereocenters. The van der Waals surface area contributed by atoms with Crippen LogP contribution >= 0.6 is 46.3 Å². The Kier molecular flexibility index (Phi) is 17.3. The molecule has 0 spiro atoms. The van der Waals surface area contributed by atoms with Gasteiger partial charge < -0.3 is 29.3 Å². The van der Waals surface area contributed by atoms with Crippen molar-refractivity contribution in [1.82, 2.24) is 15.1 Å². The Hall–Kier alpha value is -5.08. The van der Waals surface area contributed by atoms with Crippen LogP contribution in [0.1, 0.15) is 38.1 Å². The minimum atomic E-state index is -4.51. The number of benzene rings is 3. The molecule has 0 bridgehead atoms. The number of barbiturate groups is 1. The Labute approximate surface area is 422 Å². The number of aromatic nitrogens is 1. The molecule has 7 rings (SSSR count). The highest BCUT2D eigenvalue weighted by Gasteiger charge is 2.42. The lowest BCUT2D eigenvalue weighted by Crippen LogP contribution is -2.58. The molecule has 0 saturated carbocycles. The van der Waals surface area contributed by atoms with Crippen molar-refractivity contribution in [3.63, 3.8) is 0 Å². The van der Waals surface area contributed by atoms with Gasteiger partial charge in [-0.2, -0.15) is 21.4 Å². The SMILES string of the molecule is CCCCN1C(=O)/C(=C\C=C2\Oc3ccc(S(=O)(=O)O)cc3N2CC)C(=O)N(CC(=O)NCCOCCOCCN2/C(=C\c3sc4ccc(Cl)cc4[n+]3CCCS(=O)(=O)O)Sc3ccc(Cl)cc32)C1=O. The lowest BCUT2D eigenvalue weighted by Gasteiger charge is -2.33. The zero-order chi connectivity index (χ0) is 50.3. The van der Waals surface area contributed by atoms with Gasteiger partial charge >= 0.3 is 6.03 Å². The number of allylic oxidation sites excluding steroid dienone is 2. The summed E-state index contributed by atoms with van der Waals surface area (Å²) in [6.07, 6.45) is 5.84. The molecule has 3 N–H and O–H groups in total. The van der Waals surface area contributed by atoms with Crippen molar-refractivity contribution in [2.24, 2.45) is 0 Å². The number of fused-ring (bicyclic) bond motifs is 3. The van der Waals surface area contributed by atoms with E-state index in [0.29, 0.717) is 53.2 Å². The molecule has 4 aromatic rings. The lowest BCUT2D eigenvalue weighted by molar-refractivity contribution is -0.668. The van der Waals surface area contributed by atoms with Crippen molar-refractivity contribution in [1.29, 1.82) is 0 Å². The highest BCUT2D eigenvalue weighted by atomic mass is 35.5. The maximum absolute atomic E-state index is 13.7. The second-order valence-corrected chi connectivity index (χ2v) is 21.8. The summed E-state index contributed by atoms with van der Waals surface area (Å²) in [7, 11) is -8.65. The lowest BCUT2D eigenvalue weighted by atomic mass is 10.1. The molecule has 19 nitrogen and oxygen atoms in total. The molecule has 3 aliphatic heterocycles. The molecule has 70 heavy (non-hydrogen) atoms. The Balaban J connectivity index is 0.915. The van der Waals surface area contributed by atoms with Gasteiger partial charge in [-0.15, -0.1) is 0 Å². The average molecular weight is 1080 g/mol. The molecule has 3 aromatic carbocycles. The van der Waals surface area contributed by atoms with Gasteiger partial charge in [-0.3, -0.25) is 28.4 Å². The molecular formula is C45H49Cl2N6O13S4+. The van der Waals surface area contributed by atoms with E-state index in [1.54, 1.807) is 29.7 Å². The third kappa shape index (κ3) is 12.7. The van der Waals surface area contributed by atoms with E-state index >= 15 is 0 Å². The van der Waals surface area contributed by atoms with Gasteiger partial charge in [0.15, 0.2) is 12.3 Å². The van der Waals surface area contributed by atoms with Crippen LogP contribution in [0.15, 0.2) is 93.0 Å². The van der Waals surface area contributed by atoms with Crippen LogP contribution in [0.4, 0.5) is 16.2 Å². The van der Waals surface area contributed by atoms with Crippen molar-refractivity contribution in [2.45, 2.75) is 49.4 Å². The van der Waals surface area contributed by atoms with Crippen molar-refractivity contribution < 1.29 is 63.9 Å². The number of anilines is 2. The average Bonchev–Trinajstić information content (AvgIpc) is 3.95. The maximum Gasteiger partial charge on any atom is 0.334 e. The fraction of sp³-hybridized carbons (Fsp3) is 0.356. The number of ether oxygens (including phenoxy) is 3. The Morgan fingerprint density at radius 3 is 2.29 bits per heavy atom. The van der Waals surface area contributed by atoms with Crippen LogP contribution in [0.5, 0.6) is 5.75 Å². The van der Waals surface area contributed by atoms with Gasteiger partial charge in [0.1, 0.15) is 16.8 Å². The van der Waals surface area contributed by atoms with Crippen LogP contribution in [0.2, 0.25) is 10.0 Å². The first-order chi connectivity index (χ1) is 33.4. The molecule has 0 atom stereocenters. The van der Waals surface area contributed by atoms with E-state index < -0.39 is 50.5 Å². The number of urea groups is 1. The number of imide groups is 2. The number of thiazole rings is 1. The van der Waals surface area contributed by atoms with Crippen molar-refractivity contribution in [3.8, 4) is 5.75 Å². The van der Waals surface area contributed by atoms with Gasteiger partial charge in [-0.25, -0.2) is 9.69 Å². The molecule has 0 radical (unpaired) electrons. The highest BCUT2D eigenvalue weighted by molar-refractivity contribution is 8.04. The molecule has 0 aliphatic carbocycles. The fourth-order valence-electron chi connectivity index (χ4n) is 7.62. The van der Waals surface area contributed by atoms with E-state index in [9.17, 15) is 45.1 Å². The molecular weight excluding hydrogens is 1030 g/mol. The number of hydrogen-bond acceptors (Lipinski definition) is 15. The molecule has 25 heteroatoms. The van der Waals surface area contributed by atoms with E-state index in [-0.39, 0.29) is 73.7 Å². The topological polar surface area (TPSA) is 234 Å². The van der Waals surface area contributed by atoms with Gasteiger partial charge in [0.05, 0.1) is 59.6 Å². The standard InChI is InChI=1S/C45H48Cl2N6O13S4/c1-3-5-16-52-43(55)32(10-14-40-49(4-2)33-26-31(70(61,62)63)9-11-36(33)66-40)44(56)53(45(52)57)28-39(54)48-15-19-64-21-22-65-20-18-51-35-25-30(47)8-13-38(35)68-42(51)27-41-50(17-6-23-69(58,59)60)34-24-29(46)7-12-37(34)67-41/h7-14,24-27H,3-6,15-23,28H2,1-2H3,(H2-,48,54,58,59,60,61,62,63)/p+1/b32-10+,40-14+. The van der Waals surface area contributed by atoms with Crippen LogP contribution in [0.25, 0.3) is 16.3 Å². The first-order valence-corrected chi connectivity index (χ1v) is 27.4. The molecule has 5 amide bonds. The summed E-state index contributed by atoms with van der Waals surface area (Å²) in [4.78, 5) is 59.6. The van der Waals surface area contributed by atoms with Gasteiger partial charge in [-0.05, 0) is 74.0 Å². The van der Waals surface area contributed by atoms with Gasteiger partial charge in [0.2, 0.25) is 17.3 Å². The van der Waals surface area contributed by atoms with E-state index in [2.05, 4.69) is 10.2 Å². The smallest absolute Gasteiger partial charge is 0.334 e. The summed E-state index contributed by atoms with van der Waals surface area (Å²) in [5, 5.41) is 5.47. The van der Waals surface area contributed by atoms with E-state index in [1.807, 2.05) is 47.9 Å². The summed E-state index contributed by atoms with van der Waals surface area (Å²) < 4.78 is 85.9. The Morgan fingerprint density at radius 2 is 1.56 bits per heavy atom. The van der Waals surface area contributed by atoms with E-state index in [0.717, 1.165) is 35.7 Å². The van der Waals surface area contributed by atoms with Crippen molar-refractivity contribution in [3.05, 3.63) is 98.3 Å². The second-order valence-electron chi connectivity index (χ2n) is 15.8. The van der Waals surface area contributed by atoms with E-state index in [4.69, 9.17) is 37.4 Å². The predicted molar refractivity (Wildman–Crippen MR) is 265 cm³/mol. The summed E-state index contributed by atoms with van der Waals surface area (Å²) in [6, 6.07) is 14.0. The predicted octanol–water partition coefficient (Wildman–Crippen LogP) is 6.36. The number of rotatable bonds is 22. The largest absolute Gasteiger partial charge is 0.439 e. The van der Waals surface area contributed by atoms with E-state index in [1.165, 1.54) is 41.7 Å². The first-order valence-electron chi connectivity index (χ1n) is 22.0. The fourth-order valence-corrected chi connectivity index (χ4v) is 11.2. The number of carbonyl (C=O) groups excluding carboxylic acids is 4. The van der Waals surface area contributed by atoms with Crippen LogP contribution in [-0.2, 0) is 50.6 Å². The minimum Gasteiger partial charge on any atom is -0.439 e. The minimum absolute atomic E-state index is 0.00803. The van der Waals surface area contributed by atoms with Crippen LogP contribution < -0.4 is 24.4 Å². The summed E-state index contributed by atoms with van der Waals surface area (Å²) in [5.41, 5.74) is 1.68. The molecule has 3 aliphatic rings. The number of thioether (sulfide) groups is 1. The molecule has 374 valence electrons. The van der Waals surface area contributed by atoms with Gasteiger partial charge in [0.25, 0.3) is 37.1 Å². The highest BCUT2D eigenvalue weighted by Crippen LogP contribution is 2.48. The number of halogens is 2.